The van der Waals surface area contributed by atoms with E-state index in [1.807, 2.05) is 13.8 Å². The third kappa shape index (κ3) is 3.23. The lowest BCUT2D eigenvalue weighted by molar-refractivity contribution is -0.0705. The van der Waals surface area contributed by atoms with Gasteiger partial charge in [-0.05, 0) is 13.8 Å². The number of hydrogen-bond acceptors (Lipinski definition) is 4. The summed E-state index contributed by atoms with van der Waals surface area (Å²) in [7, 11) is 1.65. The Morgan fingerprint density at radius 3 is 2.77 bits per heavy atom. The second-order valence-electron chi connectivity index (χ2n) is 3.63. The van der Waals surface area contributed by atoms with Gasteiger partial charge in [0.2, 0.25) is 0 Å². The minimum atomic E-state index is -0.205. The number of rotatable bonds is 4. The Bertz CT molecular complexity index is 152. The molecule has 0 saturated carbocycles. The molecule has 1 fully saturated rings. The van der Waals surface area contributed by atoms with Crippen LogP contribution in [0.5, 0.6) is 0 Å². The summed E-state index contributed by atoms with van der Waals surface area (Å²) in [5.74, 6) is 0. The Hall–Kier alpha value is -0.160. The molecule has 0 bridgehead atoms. The Balaban J connectivity index is 2.40. The zero-order chi connectivity index (χ0) is 9.84. The average Bonchev–Trinajstić information content (AvgIpc) is 2.31. The van der Waals surface area contributed by atoms with Crippen molar-refractivity contribution < 1.29 is 14.2 Å². The van der Waals surface area contributed by atoms with E-state index < -0.39 is 0 Å². The van der Waals surface area contributed by atoms with Gasteiger partial charge >= 0.3 is 0 Å². The normalized spacial score (nSPS) is 34.4. The summed E-state index contributed by atoms with van der Waals surface area (Å²) in [6.45, 7) is 4.56. The van der Waals surface area contributed by atoms with Crippen molar-refractivity contribution in [3.63, 3.8) is 0 Å². The minimum Gasteiger partial charge on any atom is -0.382 e. The first kappa shape index (κ1) is 10.9. The molecule has 0 spiro atoms. The van der Waals surface area contributed by atoms with Crippen LogP contribution in [-0.4, -0.2) is 38.3 Å². The Morgan fingerprint density at radius 1 is 1.54 bits per heavy atom. The second kappa shape index (κ2) is 4.91. The number of hydrogen-bond donors (Lipinski definition) is 1. The van der Waals surface area contributed by atoms with E-state index >= 15 is 0 Å². The highest BCUT2D eigenvalue weighted by molar-refractivity contribution is 4.81. The molecule has 4 heteroatoms. The van der Waals surface area contributed by atoms with Gasteiger partial charge < -0.3 is 19.9 Å². The van der Waals surface area contributed by atoms with Crippen LogP contribution in [0.2, 0.25) is 0 Å². The molecule has 1 aliphatic heterocycles. The molecular formula is C9H19NO3. The Labute approximate surface area is 79.3 Å². The molecular weight excluding hydrogens is 170 g/mol. The van der Waals surface area contributed by atoms with E-state index in [-0.39, 0.29) is 24.5 Å². The number of methoxy groups -OCH3 is 1. The van der Waals surface area contributed by atoms with Crippen LogP contribution in [0.4, 0.5) is 0 Å². The van der Waals surface area contributed by atoms with Gasteiger partial charge in [-0.2, -0.15) is 0 Å². The van der Waals surface area contributed by atoms with Gasteiger partial charge in [0.25, 0.3) is 0 Å². The molecule has 0 aliphatic carbocycles. The van der Waals surface area contributed by atoms with E-state index in [1.165, 1.54) is 0 Å². The van der Waals surface area contributed by atoms with E-state index in [4.69, 9.17) is 19.9 Å². The number of nitrogens with two attached hydrogens (primary N) is 1. The van der Waals surface area contributed by atoms with E-state index in [1.54, 1.807) is 7.11 Å². The maximum atomic E-state index is 5.66. The highest BCUT2D eigenvalue weighted by atomic mass is 16.6. The molecule has 1 rings (SSSR count). The lowest BCUT2D eigenvalue weighted by Gasteiger charge is -2.20. The average molecular weight is 189 g/mol. The van der Waals surface area contributed by atoms with E-state index in [0.717, 1.165) is 6.42 Å². The smallest absolute Gasteiger partial charge is 0.109 e. The summed E-state index contributed by atoms with van der Waals surface area (Å²) in [6.07, 6.45) is 0.825. The molecule has 0 aromatic heterocycles. The van der Waals surface area contributed by atoms with Crippen molar-refractivity contribution in [2.24, 2.45) is 5.73 Å². The Morgan fingerprint density at radius 2 is 2.23 bits per heavy atom. The molecule has 1 unspecified atom stereocenters. The van der Waals surface area contributed by atoms with Crippen molar-refractivity contribution in [2.45, 2.75) is 44.8 Å². The highest BCUT2D eigenvalue weighted by Gasteiger charge is 2.34. The first-order chi connectivity index (χ1) is 6.13. The van der Waals surface area contributed by atoms with Crippen molar-refractivity contribution in [1.82, 2.24) is 0 Å². The van der Waals surface area contributed by atoms with Crippen molar-refractivity contribution in [2.75, 3.05) is 13.7 Å². The molecule has 1 saturated heterocycles. The summed E-state index contributed by atoms with van der Waals surface area (Å²) >= 11 is 0. The van der Waals surface area contributed by atoms with Crippen molar-refractivity contribution in [1.29, 1.82) is 0 Å². The summed E-state index contributed by atoms with van der Waals surface area (Å²) in [4.78, 5) is 0. The lowest BCUT2D eigenvalue weighted by atomic mass is 10.2. The molecule has 3 atom stereocenters. The zero-order valence-corrected chi connectivity index (χ0v) is 8.53. The van der Waals surface area contributed by atoms with Crippen LogP contribution in [-0.2, 0) is 14.2 Å². The van der Waals surface area contributed by atoms with Crippen LogP contribution in [0.1, 0.15) is 20.3 Å². The fourth-order valence-electron chi connectivity index (χ4n) is 1.55. The SMILES string of the molecule is COC[C@H]1O[C@@H](N)CC1OC(C)C. The topological polar surface area (TPSA) is 53.7 Å². The minimum absolute atomic E-state index is 0.0117. The van der Waals surface area contributed by atoms with Crippen molar-refractivity contribution >= 4 is 0 Å². The first-order valence-electron chi connectivity index (χ1n) is 4.69. The molecule has 1 heterocycles. The summed E-state index contributed by atoms with van der Waals surface area (Å²) in [5.41, 5.74) is 5.66. The summed E-state index contributed by atoms with van der Waals surface area (Å²) in [5, 5.41) is 0. The van der Waals surface area contributed by atoms with Gasteiger partial charge in [-0.25, -0.2) is 0 Å². The third-order valence-electron chi connectivity index (χ3n) is 2.01. The zero-order valence-electron chi connectivity index (χ0n) is 8.53. The standard InChI is InChI=1S/C9H19NO3/c1-6(2)12-7-4-9(10)13-8(7)5-11-3/h6-9H,4-5,10H2,1-3H3/t7?,8-,9-/m1/s1. The molecule has 0 aromatic carbocycles. The fraction of sp³-hybridized carbons (Fsp3) is 1.00. The maximum absolute atomic E-state index is 5.66. The molecule has 0 aromatic rings. The molecule has 0 amide bonds. The lowest BCUT2D eigenvalue weighted by Crippen LogP contribution is -2.30. The summed E-state index contributed by atoms with van der Waals surface area (Å²) < 4.78 is 16.1. The Kier molecular flexibility index (Phi) is 4.12. The van der Waals surface area contributed by atoms with Crippen LogP contribution in [0, 0.1) is 0 Å². The summed E-state index contributed by atoms with van der Waals surface area (Å²) in [6, 6.07) is 0. The quantitative estimate of drug-likeness (QED) is 0.699. The monoisotopic (exact) mass is 189 g/mol. The second-order valence-corrected chi connectivity index (χ2v) is 3.63. The third-order valence-corrected chi connectivity index (χ3v) is 2.01. The predicted octanol–water partition coefficient (Wildman–Crippen LogP) is 0.500. The van der Waals surface area contributed by atoms with Gasteiger partial charge in [0.05, 0.1) is 18.8 Å². The van der Waals surface area contributed by atoms with Crippen LogP contribution >= 0.6 is 0 Å². The maximum Gasteiger partial charge on any atom is 0.109 e. The van der Waals surface area contributed by atoms with Gasteiger partial charge in [0, 0.05) is 13.5 Å². The van der Waals surface area contributed by atoms with Crippen LogP contribution in [0.25, 0.3) is 0 Å². The van der Waals surface area contributed by atoms with Gasteiger partial charge in [-0.1, -0.05) is 0 Å². The van der Waals surface area contributed by atoms with Gasteiger partial charge in [0.15, 0.2) is 0 Å². The van der Waals surface area contributed by atoms with E-state index in [2.05, 4.69) is 0 Å². The van der Waals surface area contributed by atoms with Crippen LogP contribution in [0.3, 0.4) is 0 Å². The first-order valence-corrected chi connectivity index (χ1v) is 4.69. The molecule has 13 heavy (non-hydrogen) atoms. The van der Waals surface area contributed by atoms with Crippen molar-refractivity contribution in [3.05, 3.63) is 0 Å². The van der Waals surface area contributed by atoms with Crippen LogP contribution in [0.15, 0.2) is 0 Å². The van der Waals surface area contributed by atoms with Crippen molar-refractivity contribution in [3.8, 4) is 0 Å². The molecule has 2 N–H and O–H groups in total. The molecule has 4 nitrogen and oxygen atoms in total. The van der Waals surface area contributed by atoms with Gasteiger partial charge in [0.1, 0.15) is 12.3 Å². The molecule has 1 aliphatic rings. The van der Waals surface area contributed by atoms with E-state index in [0.29, 0.717) is 6.61 Å². The molecule has 78 valence electrons. The number of ether oxygens (including phenoxy) is 3. The predicted molar refractivity (Wildman–Crippen MR) is 49.4 cm³/mol. The largest absolute Gasteiger partial charge is 0.382 e. The van der Waals surface area contributed by atoms with E-state index in [9.17, 15) is 0 Å². The fourth-order valence-corrected chi connectivity index (χ4v) is 1.55. The molecule has 0 radical (unpaired) electrons. The van der Waals surface area contributed by atoms with Gasteiger partial charge in [-0.3, -0.25) is 0 Å². The van der Waals surface area contributed by atoms with Gasteiger partial charge in [-0.15, -0.1) is 0 Å². The van der Waals surface area contributed by atoms with Crippen LogP contribution < -0.4 is 5.73 Å². The highest BCUT2D eigenvalue weighted by Crippen LogP contribution is 2.21.